The molecule has 0 amide bonds. The fourth-order valence-electron chi connectivity index (χ4n) is 1.66. The number of aliphatic hydroxyl groups is 1. The Bertz CT molecular complexity index is 531. The van der Waals surface area contributed by atoms with Crippen molar-refractivity contribution in [2.24, 2.45) is 5.92 Å². The molecule has 0 radical (unpaired) electrons. The zero-order chi connectivity index (χ0) is 14.6. The highest BCUT2D eigenvalue weighted by atomic mass is 35.5. The lowest BCUT2D eigenvalue weighted by Gasteiger charge is -2.20. The number of benzene rings is 1. The van der Waals surface area contributed by atoms with E-state index in [9.17, 15) is 8.42 Å². The Morgan fingerprint density at radius 3 is 2.53 bits per heavy atom. The molecule has 1 atom stereocenters. The molecule has 0 fully saturated rings. The molecule has 0 saturated heterocycles. The first-order chi connectivity index (χ1) is 8.82. The molecule has 1 aromatic rings. The number of aliphatic hydroxyl groups excluding tert-OH is 1. The molecule has 0 bridgehead atoms. The summed E-state index contributed by atoms with van der Waals surface area (Å²) in [6, 6.07) is 4.39. The van der Waals surface area contributed by atoms with Crippen LogP contribution >= 0.6 is 11.6 Å². The Hall–Kier alpha value is -0.620. The third kappa shape index (κ3) is 3.92. The van der Waals surface area contributed by atoms with Crippen LogP contribution in [0.25, 0.3) is 0 Å². The molecule has 0 aliphatic heterocycles. The van der Waals surface area contributed by atoms with Gasteiger partial charge in [-0.3, -0.25) is 0 Å². The van der Waals surface area contributed by atoms with E-state index in [1.807, 2.05) is 13.8 Å². The van der Waals surface area contributed by atoms with Crippen molar-refractivity contribution in [2.45, 2.75) is 31.8 Å². The van der Waals surface area contributed by atoms with Crippen molar-refractivity contribution in [2.75, 3.05) is 13.6 Å². The fourth-order valence-corrected chi connectivity index (χ4v) is 3.29. The summed E-state index contributed by atoms with van der Waals surface area (Å²) < 4.78 is 26.0. The van der Waals surface area contributed by atoms with Gasteiger partial charge < -0.3 is 5.11 Å². The zero-order valence-corrected chi connectivity index (χ0v) is 13.0. The minimum atomic E-state index is -3.52. The van der Waals surface area contributed by atoms with Gasteiger partial charge in [-0.05, 0) is 23.6 Å². The first-order valence-electron chi connectivity index (χ1n) is 6.18. The van der Waals surface area contributed by atoms with Crippen molar-refractivity contribution in [3.8, 4) is 0 Å². The van der Waals surface area contributed by atoms with E-state index >= 15 is 0 Å². The summed E-state index contributed by atoms with van der Waals surface area (Å²) in [5, 5.41) is 9.29. The van der Waals surface area contributed by atoms with E-state index in [0.717, 1.165) is 6.42 Å². The second-order valence-corrected chi connectivity index (χ2v) is 7.16. The van der Waals surface area contributed by atoms with Crippen LogP contribution in [0.15, 0.2) is 23.1 Å². The standard InChI is InChI=1S/C13H20ClNO3S/c1-4-10(2)8-15(3)19(17,18)12-6-5-11(9-16)13(14)7-12/h5-7,10,16H,4,8-9H2,1-3H3. The molecule has 0 heterocycles. The molecule has 108 valence electrons. The predicted molar refractivity (Wildman–Crippen MR) is 76.6 cm³/mol. The van der Waals surface area contributed by atoms with Crippen LogP contribution in [0.1, 0.15) is 25.8 Å². The van der Waals surface area contributed by atoms with Crippen molar-refractivity contribution < 1.29 is 13.5 Å². The maximum Gasteiger partial charge on any atom is 0.242 e. The molecule has 0 aromatic heterocycles. The molecule has 1 N–H and O–H groups in total. The molecule has 1 rings (SSSR count). The fraction of sp³-hybridized carbons (Fsp3) is 0.538. The number of sulfonamides is 1. The van der Waals surface area contributed by atoms with E-state index < -0.39 is 10.0 Å². The first-order valence-corrected chi connectivity index (χ1v) is 8.00. The highest BCUT2D eigenvalue weighted by Crippen LogP contribution is 2.23. The highest BCUT2D eigenvalue weighted by molar-refractivity contribution is 7.89. The van der Waals surface area contributed by atoms with E-state index in [4.69, 9.17) is 16.7 Å². The van der Waals surface area contributed by atoms with Crippen molar-refractivity contribution in [1.82, 2.24) is 4.31 Å². The smallest absolute Gasteiger partial charge is 0.242 e. The maximum absolute atomic E-state index is 12.3. The molecule has 0 aliphatic rings. The van der Waals surface area contributed by atoms with Crippen molar-refractivity contribution in [3.63, 3.8) is 0 Å². The Kier molecular flexibility index (Phi) is 5.80. The van der Waals surface area contributed by atoms with Crippen LogP contribution < -0.4 is 0 Å². The second-order valence-electron chi connectivity index (χ2n) is 4.71. The Labute approximate surface area is 120 Å². The van der Waals surface area contributed by atoms with Crippen molar-refractivity contribution >= 4 is 21.6 Å². The van der Waals surface area contributed by atoms with Gasteiger partial charge in [0, 0.05) is 18.6 Å². The number of rotatable bonds is 6. The van der Waals surface area contributed by atoms with Crippen LogP contribution in [0.4, 0.5) is 0 Å². The molecule has 1 unspecified atom stereocenters. The van der Waals surface area contributed by atoms with E-state index in [2.05, 4.69) is 0 Å². The predicted octanol–water partition coefficient (Wildman–Crippen LogP) is 2.50. The molecule has 1 aromatic carbocycles. The second kappa shape index (κ2) is 6.70. The third-order valence-electron chi connectivity index (χ3n) is 3.17. The summed E-state index contributed by atoms with van der Waals surface area (Å²) >= 11 is 5.93. The molecule has 0 spiro atoms. The van der Waals surface area contributed by atoms with E-state index in [1.54, 1.807) is 7.05 Å². The summed E-state index contributed by atoms with van der Waals surface area (Å²) in [6.07, 6.45) is 0.921. The summed E-state index contributed by atoms with van der Waals surface area (Å²) in [4.78, 5) is 0.153. The van der Waals surface area contributed by atoms with E-state index in [-0.39, 0.29) is 16.5 Å². The molecule has 0 saturated carbocycles. The average Bonchev–Trinajstić information content (AvgIpc) is 2.38. The van der Waals surface area contributed by atoms with Gasteiger partial charge in [-0.15, -0.1) is 0 Å². The number of halogens is 1. The van der Waals surface area contributed by atoms with E-state index in [1.165, 1.54) is 22.5 Å². The SMILES string of the molecule is CCC(C)CN(C)S(=O)(=O)c1ccc(CO)c(Cl)c1. The maximum atomic E-state index is 12.3. The lowest BCUT2D eigenvalue weighted by Crippen LogP contribution is -2.31. The number of hydrogen-bond donors (Lipinski definition) is 1. The van der Waals surface area contributed by atoms with Gasteiger partial charge in [0.1, 0.15) is 0 Å². The third-order valence-corrected chi connectivity index (χ3v) is 5.34. The van der Waals surface area contributed by atoms with Crippen LogP contribution in [0.2, 0.25) is 5.02 Å². The molecule has 0 aliphatic carbocycles. The quantitative estimate of drug-likeness (QED) is 0.878. The molecule has 6 heteroatoms. The molecule has 4 nitrogen and oxygen atoms in total. The van der Waals surface area contributed by atoms with Gasteiger partial charge >= 0.3 is 0 Å². The van der Waals surface area contributed by atoms with Crippen LogP contribution in [0.3, 0.4) is 0 Å². The molecular weight excluding hydrogens is 286 g/mol. The summed E-state index contributed by atoms with van der Waals surface area (Å²) in [5.74, 6) is 0.298. The van der Waals surface area contributed by atoms with Crippen LogP contribution in [-0.4, -0.2) is 31.4 Å². The van der Waals surface area contributed by atoms with Gasteiger partial charge in [0.2, 0.25) is 10.0 Å². The lowest BCUT2D eigenvalue weighted by molar-refractivity contribution is 0.282. The summed E-state index contributed by atoms with van der Waals surface area (Å²) in [7, 11) is -1.96. The van der Waals surface area contributed by atoms with Crippen LogP contribution in [0, 0.1) is 5.92 Å². The Balaban J connectivity index is 3.03. The van der Waals surface area contributed by atoms with Gasteiger partial charge in [-0.25, -0.2) is 12.7 Å². The van der Waals surface area contributed by atoms with Crippen molar-refractivity contribution in [3.05, 3.63) is 28.8 Å². The largest absolute Gasteiger partial charge is 0.392 e. The van der Waals surface area contributed by atoms with Gasteiger partial charge in [0.15, 0.2) is 0 Å². The monoisotopic (exact) mass is 305 g/mol. The summed E-state index contributed by atoms with van der Waals surface area (Å²) in [5.41, 5.74) is 0.519. The van der Waals surface area contributed by atoms with Gasteiger partial charge in [0.05, 0.1) is 11.5 Å². The van der Waals surface area contributed by atoms with E-state index in [0.29, 0.717) is 18.0 Å². The molecule has 19 heavy (non-hydrogen) atoms. The Morgan fingerprint density at radius 1 is 1.42 bits per heavy atom. The zero-order valence-electron chi connectivity index (χ0n) is 11.4. The average molecular weight is 306 g/mol. The molecular formula is C13H20ClNO3S. The van der Waals surface area contributed by atoms with Crippen molar-refractivity contribution in [1.29, 1.82) is 0 Å². The number of hydrogen-bond acceptors (Lipinski definition) is 3. The van der Waals surface area contributed by atoms with Gasteiger partial charge in [0.25, 0.3) is 0 Å². The topological polar surface area (TPSA) is 57.6 Å². The Morgan fingerprint density at radius 2 is 2.05 bits per heavy atom. The normalized spacial score (nSPS) is 13.8. The van der Waals surface area contributed by atoms with Crippen LogP contribution in [-0.2, 0) is 16.6 Å². The van der Waals surface area contributed by atoms with Crippen LogP contribution in [0.5, 0.6) is 0 Å². The summed E-state index contributed by atoms with van der Waals surface area (Å²) in [6.45, 7) is 4.30. The highest BCUT2D eigenvalue weighted by Gasteiger charge is 2.22. The number of nitrogens with zero attached hydrogens (tertiary/aromatic N) is 1. The van der Waals surface area contributed by atoms with Gasteiger partial charge in [-0.2, -0.15) is 0 Å². The first kappa shape index (κ1) is 16.4. The van der Waals surface area contributed by atoms with Gasteiger partial charge in [-0.1, -0.05) is 37.9 Å². The lowest BCUT2D eigenvalue weighted by atomic mass is 10.1. The minimum Gasteiger partial charge on any atom is -0.392 e. The minimum absolute atomic E-state index is 0.153.